The van der Waals surface area contributed by atoms with E-state index in [1.165, 1.54) is 18.6 Å². The van der Waals surface area contributed by atoms with E-state index in [1.54, 1.807) is 6.07 Å². The van der Waals surface area contributed by atoms with Crippen molar-refractivity contribution >= 4 is 5.69 Å². The maximum atomic E-state index is 13.6. The normalized spacial score (nSPS) is 22.6. The van der Waals surface area contributed by atoms with Crippen molar-refractivity contribution in [3.63, 3.8) is 0 Å². The van der Waals surface area contributed by atoms with Crippen molar-refractivity contribution in [3.8, 4) is 0 Å². The Hall–Kier alpha value is -1.49. The van der Waals surface area contributed by atoms with Gasteiger partial charge in [-0.2, -0.15) is 4.39 Å². The van der Waals surface area contributed by atoms with Crippen LogP contribution in [0, 0.1) is 21.8 Å². The molecule has 0 spiro atoms. The molecule has 0 aliphatic heterocycles. The first kappa shape index (κ1) is 13.9. The summed E-state index contributed by atoms with van der Waals surface area (Å²) >= 11 is 0. The highest BCUT2D eigenvalue weighted by Gasteiger charge is 2.27. The second-order valence-electron chi connectivity index (χ2n) is 5.10. The second kappa shape index (κ2) is 6.10. The third-order valence-electron chi connectivity index (χ3n) is 3.83. The van der Waals surface area contributed by atoms with Gasteiger partial charge in [0, 0.05) is 12.1 Å². The van der Waals surface area contributed by atoms with Crippen LogP contribution in [0.25, 0.3) is 0 Å². The first-order valence-corrected chi connectivity index (χ1v) is 6.78. The minimum atomic E-state index is -0.736. The molecule has 1 fully saturated rings. The molecule has 1 aromatic rings. The molecule has 4 nitrogen and oxygen atoms in total. The van der Waals surface area contributed by atoms with Crippen molar-refractivity contribution < 1.29 is 9.31 Å². The number of nitro benzene ring substituents is 1. The van der Waals surface area contributed by atoms with Crippen molar-refractivity contribution in [2.75, 3.05) is 6.54 Å². The van der Waals surface area contributed by atoms with Crippen LogP contribution >= 0.6 is 0 Å². The molecule has 2 atom stereocenters. The van der Waals surface area contributed by atoms with Crippen molar-refractivity contribution in [2.24, 2.45) is 5.92 Å². The number of nitrogens with zero attached hydrogens (tertiary/aromatic N) is 1. The Balaban J connectivity index is 2.07. The number of nitro groups is 1. The number of rotatable bonds is 5. The monoisotopic (exact) mass is 266 g/mol. The molecule has 19 heavy (non-hydrogen) atoms. The van der Waals surface area contributed by atoms with E-state index in [-0.39, 0.29) is 0 Å². The third-order valence-corrected chi connectivity index (χ3v) is 3.83. The lowest BCUT2D eigenvalue weighted by Crippen LogP contribution is -2.33. The van der Waals surface area contributed by atoms with Crippen LogP contribution in [0.5, 0.6) is 0 Å². The van der Waals surface area contributed by atoms with Gasteiger partial charge in [-0.05, 0) is 43.4 Å². The van der Waals surface area contributed by atoms with Gasteiger partial charge in [0.05, 0.1) is 4.92 Å². The smallest absolute Gasteiger partial charge is 0.304 e. The molecule has 0 saturated heterocycles. The van der Waals surface area contributed by atoms with Crippen molar-refractivity contribution in [3.05, 3.63) is 39.7 Å². The SMILES string of the molecule is CCNC1CCCC1Cc1ccc([N+](=O)[O-])c(F)c1. The average Bonchev–Trinajstić information content (AvgIpc) is 2.77. The van der Waals surface area contributed by atoms with Gasteiger partial charge < -0.3 is 5.32 Å². The Kier molecular flexibility index (Phi) is 4.47. The number of halogens is 1. The van der Waals surface area contributed by atoms with Crippen molar-refractivity contribution in [2.45, 2.75) is 38.6 Å². The van der Waals surface area contributed by atoms with Crippen LogP contribution in [0.15, 0.2) is 18.2 Å². The van der Waals surface area contributed by atoms with E-state index in [1.807, 2.05) is 0 Å². The lowest BCUT2D eigenvalue weighted by Gasteiger charge is -2.20. The van der Waals surface area contributed by atoms with E-state index in [4.69, 9.17) is 0 Å². The minimum Gasteiger partial charge on any atom is -0.314 e. The molecule has 2 unspecified atom stereocenters. The molecular formula is C14H19FN2O2. The zero-order valence-corrected chi connectivity index (χ0v) is 11.1. The summed E-state index contributed by atoms with van der Waals surface area (Å²) in [5, 5.41) is 14.0. The van der Waals surface area contributed by atoms with E-state index in [0.717, 1.165) is 31.4 Å². The molecule has 1 saturated carbocycles. The lowest BCUT2D eigenvalue weighted by atomic mass is 9.94. The van der Waals surface area contributed by atoms with Crippen LogP contribution in [0.2, 0.25) is 0 Å². The fraction of sp³-hybridized carbons (Fsp3) is 0.571. The zero-order valence-electron chi connectivity index (χ0n) is 11.1. The molecule has 1 aliphatic rings. The fourth-order valence-electron chi connectivity index (χ4n) is 2.94. The number of hydrogen-bond acceptors (Lipinski definition) is 3. The second-order valence-corrected chi connectivity index (χ2v) is 5.10. The van der Waals surface area contributed by atoms with Gasteiger partial charge in [-0.25, -0.2) is 0 Å². The van der Waals surface area contributed by atoms with E-state index in [9.17, 15) is 14.5 Å². The molecule has 104 valence electrons. The van der Waals surface area contributed by atoms with Crippen LogP contribution in [0.1, 0.15) is 31.7 Å². The molecule has 0 aromatic heterocycles. The molecule has 0 bridgehead atoms. The minimum absolute atomic E-state index is 0.446. The Bertz CT molecular complexity index is 465. The molecule has 5 heteroatoms. The first-order valence-electron chi connectivity index (χ1n) is 6.78. The molecule has 1 aliphatic carbocycles. The lowest BCUT2D eigenvalue weighted by molar-refractivity contribution is -0.387. The van der Waals surface area contributed by atoms with Gasteiger partial charge in [-0.1, -0.05) is 19.4 Å². The molecule has 0 amide bonds. The molecule has 2 rings (SSSR count). The highest BCUT2D eigenvalue weighted by Crippen LogP contribution is 2.29. The summed E-state index contributed by atoms with van der Waals surface area (Å²) in [5.74, 6) is -0.235. The van der Waals surface area contributed by atoms with Crippen LogP contribution in [-0.2, 0) is 6.42 Å². The van der Waals surface area contributed by atoms with Crippen LogP contribution < -0.4 is 5.32 Å². The summed E-state index contributed by atoms with van der Waals surface area (Å²) in [7, 11) is 0. The summed E-state index contributed by atoms with van der Waals surface area (Å²) in [6, 6.07) is 4.73. The molecule has 0 radical (unpaired) electrons. The van der Waals surface area contributed by atoms with Gasteiger partial charge in [-0.15, -0.1) is 0 Å². The maximum Gasteiger partial charge on any atom is 0.304 e. The van der Waals surface area contributed by atoms with Crippen LogP contribution in [0.3, 0.4) is 0 Å². The Morgan fingerprint density at radius 3 is 2.89 bits per heavy atom. The largest absolute Gasteiger partial charge is 0.314 e. The Labute approximate surface area is 112 Å². The first-order chi connectivity index (χ1) is 9.11. The van der Waals surface area contributed by atoms with E-state index in [2.05, 4.69) is 12.2 Å². The van der Waals surface area contributed by atoms with Crippen LogP contribution in [0.4, 0.5) is 10.1 Å². The highest BCUT2D eigenvalue weighted by atomic mass is 19.1. The standard InChI is InChI=1S/C14H19FN2O2/c1-2-16-13-5-3-4-11(13)8-10-6-7-14(17(18)19)12(15)9-10/h6-7,9,11,13,16H,2-5,8H2,1H3. The summed E-state index contributed by atoms with van der Waals surface area (Å²) in [6.07, 6.45) is 4.27. The molecule has 0 heterocycles. The van der Waals surface area contributed by atoms with E-state index < -0.39 is 16.4 Å². The maximum absolute atomic E-state index is 13.6. The zero-order chi connectivity index (χ0) is 13.8. The van der Waals surface area contributed by atoms with Crippen LogP contribution in [-0.4, -0.2) is 17.5 Å². The molecular weight excluding hydrogens is 247 g/mol. The quantitative estimate of drug-likeness (QED) is 0.658. The third kappa shape index (κ3) is 3.29. The summed E-state index contributed by atoms with van der Waals surface area (Å²) in [5.41, 5.74) is 0.399. The van der Waals surface area contributed by atoms with Crippen molar-refractivity contribution in [1.29, 1.82) is 0 Å². The summed E-state index contributed by atoms with van der Waals surface area (Å²) in [4.78, 5) is 9.89. The Morgan fingerprint density at radius 2 is 2.26 bits per heavy atom. The number of hydrogen-bond donors (Lipinski definition) is 1. The predicted molar refractivity (Wildman–Crippen MR) is 71.6 cm³/mol. The van der Waals surface area contributed by atoms with Gasteiger partial charge >= 0.3 is 5.69 Å². The van der Waals surface area contributed by atoms with Crippen molar-refractivity contribution in [1.82, 2.24) is 5.32 Å². The van der Waals surface area contributed by atoms with Gasteiger partial charge in [-0.3, -0.25) is 10.1 Å². The van der Waals surface area contributed by atoms with Gasteiger partial charge in [0.15, 0.2) is 0 Å². The van der Waals surface area contributed by atoms with E-state index in [0.29, 0.717) is 12.0 Å². The average molecular weight is 266 g/mol. The fourth-order valence-corrected chi connectivity index (χ4v) is 2.94. The van der Waals surface area contributed by atoms with E-state index >= 15 is 0 Å². The summed E-state index contributed by atoms with van der Waals surface area (Å²) in [6.45, 7) is 3.02. The Morgan fingerprint density at radius 1 is 1.47 bits per heavy atom. The highest BCUT2D eigenvalue weighted by molar-refractivity contribution is 5.35. The molecule has 1 N–H and O–H groups in total. The van der Waals surface area contributed by atoms with Gasteiger partial charge in [0.25, 0.3) is 0 Å². The number of nitrogens with one attached hydrogen (secondary N) is 1. The molecule has 1 aromatic carbocycles. The summed E-state index contributed by atoms with van der Waals surface area (Å²) < 4.78 is 13.6. The van der Waals surface area contributed by atoms with Gasteiger partial charge in [0.2, 0.25) is 5.82 Å². The topological polar surface area (TPSA) is 55.2 Å². The predicted octanol–water partition coefficient (Wildman–Crippen LogP) is 3.05. The number of benzene rings is 1. The van der Waals surface area contributed by atoms with Gasteiger partial charge in [0.1, 0.15) is 0 Å².